The molecule has 0 radical (unpaired) electrons. The van der Waals surface area contributed by atoms with E-state index in [1.807, 2.05) is 12.3 Å². The predicted molar refractivity (Wildman–Crippen MR) is 131 cm³/mol. The van der Waals surface area contributed by atoms with Crippen LogP contribution in [0.2, 0.25) is 5.15 Å². The fourth-order valence-electron chi connectivity index (χ4n) is 5.41. The van der Waals surface area contributed by atoms with Gasteiger partial charge in [0.05, 0.1) is 17.4 Å². The molecule has 0 amide bonds. The summed E-state index contributed by atoms with van der Waals surface area (Å²) in [7, 11) is 6.52. The first-order valence-corrected chi connectivity index (χ1v) is 12.1. The number of anilines is 1. The second kappa shape index (κ2) is 9.00. The van der Waals surface area contributed by atoms with Gasteiger partial charge in [-0.3, -0.25) is 14.3 Å². The van der Waals surface area contributed by atoms with Crippen molar-refractivity contribution in [2.75, 3.05) is 39.1 Å². The molecule has 4 heterocycles. The third-order valence-electron chi connectivity index (χ3n) is 7.25. The van der Waals surface area contributed by atoms with E-state index in [1.165, 1.54) is 30.5 Å². The van der Waals surface area contributed by atoms with Gasteiger partial charge in [0, 0.05) is 31.9 Å². The Labute approximate surface area is 195 Å². The van der Waals surface area contributed by atoms with Crippen molar-refractivity contribution in [1.82, 2.24) is 24.2 Å². The molecule has 1 fully saturated rings. The number of aryl methyl sites for hydroxylation is 1. The standard InChI is InChI=1S/C25H33ClN6/c1-29(2)19-12-15-31(16-13-19)23-11-5-10-22-28-20(25(26)32(22)23)17-30(3)21-9-4-7-18-8-6-14-27-24(18)21/h5-6,8,10-11,14,19,21H,4,7,9,12-13,15-17H2,1-3H3/t21-/m0/s1. The van der Waals surface area contributed by atoms with Crippen LogP contribution in [0.1, 0.15) is 48.7 Å². The van der Waals surface area contributed by atoms with Crippen molar-refractivity contribution in [1.29, 1.82) is 0 Å². The Hall–Kier alpha value is -2.15. The second-order valence-corrected chi connectivity index (χ2v) is 9.84. The molecule has 3 aromatic heterocycles. The van der Waals surface area contributed by atoms with E-state index in [0.717, 1.165) is 48.2 Å². The molecule has 0 bridgehead atoms. The van der Waals surface area contributed by atoms with Crippen molar-refractivity contribution in [2.24, 2.45) is 0 Å². The van der Waals surface area contributed by atoms with E-state index < -0.39 is 0 Å². The molecule has 170 valence electrons. The highest BCUT2D eigenvalue weighted by atomic mass is 35.5. The summed E-state index contributed by atoms with van der Waals surface area (Å²) in [6.07, 6.45) is 7.68. The van der Waals surface area contributed by atoms with Crippen molar-refractivity contribution in [3.8, 4) is 0 Å². The number of nitrogens with zero attached hydrogens (tertiary/aromatic N) is 6. The Kier molecular flexibility index (Phi) is 6.10. The fourth-order valence-corrected chi connectivity index (χ4v) is 5.68. The lowest BCUT2D eigenvalue weighted by atomic mass is 9.91. The molecule has 6 nitrogen and oxygen atoms in total. The first-order valence-electron chi connectivity index (χ1n) is 11.7. The molecule has 7 heteroatoms. The van der Waals surface area contributed by atoms with Crippen LogP contribution in [0.3, 0.4) is 0 Å². The number of hydrogen-bond acceptors (Lipinski definition) is 5. The summed E-state index contributed by atoms with van der Waals surface area (Å²) in [5.74, 6) is 1.15. The van der Waals surface area contributed by atoms with Crippen LogP contribution in [0.4, 0.5) is 5.82 Å². The van der Waals surface area contributed by atoms with E-state index in [4.69, 9.17) is 21.6 Å². The molecule has 2 aliphatic rings. The minimum atomic E-state index is 0.311. The van der Waals surface area contributed by atoms with Crippen LogP contribution in [0.15, 0.2) is 36.5 Å². The van der Waals surface area contributed by atoms with Gasteiger partial charge in [-0.1, -0.05) is 23.7 Å². The van der Waals surface area contributed by atoms with Crippen LogP contribution < -0.4 is 4.90 Å². The van der Waals surface area contributed by atoms with Gasteiger partial charge in [0.15, 0.2) is 0 Å². The molecule has 0 aromatic carbocycles. The Morgan fingerprint density at radius 2 is 1.88 bits per heavy atom. The zero-order valence-corrected chi connectivity index (χ0v) is 20.1. The molecule has 0 saturated carbocycles. The quantitative estimate of drug-likeness (QED) is 0.573. The van der Waals surface area contributed by atoms with Crippen molar-refractivity contribution in [2.45, 2.75) is 50.7 Å². The number of rotatable bonds is 5. The number of piperidine rings is 1. The lowest BCUT2D eigenvalue weighted by Gasteiger charge is -2.36. The molecule has 0 N–H and O–H groups in total. The highest BCUT2D eigenvalue weighted by molar-refractivity contribution is 6.30. The topological polar surface area (TPSA) is 39.9 Å². The third kappa shape index (κ3) is 4.00. The minimum Gasteiger partial charge on any atom is -0.358 e. The third-order valence-corrected chi connectivity index (χ3v) is 7.64. The van der Waals surface area contributed by atoms with E-state index in [0.29, 0.717) is 18.6 Å². The molecular formula is C25H33ClN6. The zero-order valence-electron chi connectivity index (χ0n) is 19.3. The summed E-state index contributed by atoms with van der Waals surface area (Å²) in [4.78, 5) is 16.8. The SMILES string of the molecule is CN(C)C1CCN(c2cccc3nc(CN(C)[C@H]4CCCc5cccnc54)c(Cl)n23)CC1. The number of pyridine rings is 2. The monoisotopic (exact) mass is 452 g/mol. The summed E-state index contributed by atoms with van der Waals surface area (Å²) < 4.78 is 2.13. The van der Waals surface area contributed by atoms with Crippen molar-refractivity contribution < 1.29 is 0 Å². The first-order chi connectivity index (χ1) is 15.5. The number of aromatic nitrogens is 3. The van der Waals surface area contributed by atoms with Crippen molar-refractivity contribution >= 4 is 23.1 Å². The van der Waals surface area contributed by atoms with Gasteiger partial charge in [0.25, 0.3) is 0 Å². The smallest absolute Gasteiger partial charge is 0.139 e. The molecule has 3 aromatic rings. The van der Waals surface area contributed by atoms with Gasteiger partial charge in [-0.25, -0.2) is 4.98 Å². The summed E-state index contributed by atoms with van der Waals surface area (Å²) in [5, 5.41) is 0.731. The maximum atomic E-state index is 6.97. The van der Waals surface area contributed by atoms with Crippen LogP contribution in [0.25, 0.3) is 5.65 Å². The van der Waals surface area contributed by atoms with Crippen LogP contribution >= 0.6 is 11.6 Å². The van der Waals surface area contributed by atoms with Crippen LogP contribution in [0.5, 0.6) is 0 Å². The first kappa shape index (κ1) is 21.7. The van der Waals surface area contributed by atoms with Gasteiger partial charge in [-0.05, 0) is 77.0 Å². The molecule has 1 aliphatic carbocycles. The molecule has 0 unspecified atom stereocenters. The summed E-state index contributed by atoms with van der Waals surface area (Å²) in [6, 6.07) is 11.6. The maximum absolute atomic E-state index is 6.97. The molecule has 5 rings (SSSR count). The summed E-state index contributed by atoms with van der Waals surface area (Å²) in [5.41, 5.74) is 4.45. The van der Waals surface area contributed by atoms with Crippen LogP contribution in [0, 0.1) is 0 Å². The Morgan fingerprint density at radius 1 is 1.06 bits per heavy atom. The van der Waals surface area contributed by atoms with Gasteiger partial charge in [0.2, 0.25) is 0 Å². The van der Waals surface area contributed by atoms with Gasteiger partial charge in [0.1, 0.15) is 16.6 Å². The van der Waals surface area contributed by atoms with E-state index >= 15 is 0 Å². The van der Waals surface area contributed by atoms with E-state index in [2.05, 4.69) is 64.5 Å². The van der Waals surface area contributed by atoms with Crippen LogP contribution in [-0.4, -0.2) is 64.4 Å². The highest BCUT2D eigenvalue weighted by Crippen LogP contribution is 2.34. The molecular weight excluding hydrogens is 420 g/mol. The molecule has 1 aliphatic heterocycles. The zero-order chi connectivity index (χ0) is 22.2. The number of imidazole rings is 1. The molecule has 0 spiro atoms. The van der Waals surface area contributed by atoms with Crippen molar-refractivity contribution in [3.05, 3.63) is 58.6 Å². The fraction of sp³-hybridized carbons (Fsp3) is 0.520. The van der Waals surface area contributed by atoms with Gasteiger partial charge >= 0.3 is 0 Å². The second-order valence-electron chi connectivity index (χ2n) is 9.48. The summed E-state index contributed by atoms with van der Waals surface area (Å²) in [6.45, 7) is 2.79. The highest BCUT2D eigenvalue weighted by Gasteiger charge is 2.27. The van der Waals surface area contributed by atoms with E-state index in [1.54, 1.807) is 0 Å². The lowest BCUT2D eigenvalue weighted by Crippen LogP contribution is -2.42. The average molecular weight is 453 g/mol. The Balaban J connectivity index is 1.40. The summed E-state index contributed by atoms with van der Waals surface area (Å²) >= 11 is 6.97. The maximum Gasteiger partial charge on any atom is 0.139 e. The lowest BCUT2D eigenvalue weighted by molar-refractivity contribution is 0.206. The van der Waals surface area contributed by atoms with Crippen LogP contribution in [-0.2, 0) is 13.0 Å². The van der Waals surface area contributed by atoms with Gasteiger partial charge in [-0.15, -0.1) is 0 Å². The average Bonchev–Trinajstić information content (AvgIpc) is 3.14. The normalized spacial score (nSPS) is 19.8. The van der Waals surface area contributed by atoms with Gasteiger partial charge < -0.3 is 9.80 Å². The molecule has 1 saturated heterocycles. The van der Waals surface area contributed by atoms with E-state index in [9.17, 15) is 0 Å². The molecule has 32 heavy (non-hydrogen) atoms. The largest absolute Gasteiger partial charge is 0.358 e. The number of halogens is 1. The molecule has 1 atom stereocenters. The van der Waals surface area contributed by atoms with Gasteiger partial charge in [-0.2, -0.15) is 0 Å². The van der Waals surface area contributed by atoms with Crippen molar-refractivity contribution in [3.63, 3.8) is 0 Å². The number of hydrogen-bond donors (Lipinski definition) is 0. The minimum absolute atomic E-state index is 0.311. The Morgan fingerprint density at radius 3 is 2.66 bits per heavy atom. The Bertz CT molecular complexity index is 1090. The predicted octanol–water partition coefficient (Wildman–Crippen LogP) is 4.42. The van der Waals surface area contributed by atoms with E-state index in [-0.39, 0.29) is 0 Å². The number of fused-ring (bicyclic) bond motifs is 2.